The Kier molecular flexibility index (Phi) is 4.93. The summed E-state index contributed by atoms with van der Waals surface area (Å²) in [4.78, 5) is 4.43. The molecule has 100 valence electrons. The number of nitrogens with one attached hydrogen (secondary N) is 1. The predicted octanol–water partition coefficient (Wildman–Crippen LogP) is 3.07. The maximum absolute atomic E-state index is 9.54. The van der Waals surface area contributed by atoms with E-state index in [1.54, 1.807) is 6.07 Å². The summed E-state index contributed by atoms with van der Waals surface area (Å²) in [6.45, 7) is 3.11. The predicted molar refractivity (Wildman–Crippen MR) is 77.1 cm³/mol. The standard InChI is InChI=1S/C16H20N2O/c1-2-9-17-16(15-8-3-4-10-18-15)12-13-6-5-7-14(19)11-13/h3-8,10-11,16-17,19H,2,9,12H2,1H3. The zero-order valence-electron chi connectivity index (χ0n) is 11.2. The first-order chi connectivity index (χ1) is 9.29. The number of benzene rings is 1. The van der Waals surface area contributed by atoms with Crippen LogP contribution in [0.15, 0.2) is 48.7 Å². The summed E-state index contributed by atoms with van der Waals surface area (Å²) in [5, 5.41) is 13.0. The lowest BCUT2D eigenvalue weighted by Crippen LogP contribution is -2.24. The van der Waals surface area contributed by atoms with Crippen LogP contribution in [0.1, 0.15) is 30.6 Å². The SMILES string of the molecule is CCCNC(Cc1cccc(O)c1)c1ccccn1. The van der Waals surface area contributed by atoms with Crippen LogP contribution in [0.4, 0.5) is 0 Å². The first-order valence-electron chi connectivity index (χ1n) is 6.72. The number of phenols is 1. The summed E-state index contributed by atoms with van der Waals surface area (Å²) in [7, 11) is 0. The fourth-order valence-corrected chi connectivity index (χ4v) is 2.10. The third-order valence-electron chi connectivity index (χ3n) is 3.04. The minimum absolute atomic E-state index is 0.183. The smallest absolute Gasteiger partial charge is 0.115 e. The van der Waals surface area contributed by atoms with E-state index in [9.17, 15) is 5.11 Å². The lowest BCUT2D eigenvalue weighted by Gasteiger charge is -2.18. The van der Waals surface area contributed by atoms with Crippen molar-refractivity contribution in [1.29, 1.82) is 0 Å². The van der Waals surface area contributed by atoms with Gasteiger partial charge in [-0.3, -0.25) is 4.98 Å². The Morgan fingerprint density at radius 3 is 2.79 bits per heavy atom. The normalized spacial score (nSPS) is 12.3. The van der Waals surface area contributed by atoms with E-state index >= 15 is 0 Å². The van der Waals surface area contributed by atoms with Gasteiger partial charge in [-0.05, 0) is 49.2 Å². The molecule has 2 N–H and O–H groups in total. The molecule has 19 heavy (non-hydrogen) atoms. The van der Waals surface area contributed by atoms with Crippen molar-refractivity contribution in [2.45, 2.75) is 25.8 Å². The summed E-state index contributed by atoms with van der Waals surface area (Å²) in [6, 6.07) is 13.6. The van der Waals surface area contributed by atoms with Gasteiger partial charge in [0.15, 0.2) is 0 Å². The van der Waals surface area contributed by atoms with Gasteiger partial charge < -0.3 is 10.4 Å². The van der Waals surface area contributed by atoms with Gasteiger partial charge in [0.1, 0.15) is 5.75 Å². The highest BCUT2D eigenvalue weighted by Crippen LogP contribution is 2.19. The molecule has 1 atom stereocenters. The first kappa shape index (κ1) is 13.6. The van der Waals surface area contributed by atoms with Crippen molar-refractivity contribution in [3.05, 3.63) is 59.9 Å². The Morgan fingerprint density at radius 1 is 1.21 bits per heavy atom. The van der Waals surface area contributed by atoms with Crippen LogP contribution in [-0.4, -0.2) is 16.6 Å². The Hall–Kier alpha value is -1.87. The fourth-order valence-electron chi connectivity index (χ4n) is 2.10. The van der Waals surface area contributed by atoms with E-state index < -0.39 is 0 Å². The molecule has 0 aliphatic rings. The van der Waals surface area contributed by atoms with Crippen LogP contribution >= 0.6 is 0 Å². The summed E-state index contributed by atoms with van der Waals surface area (Å²) < 4.78 is 0. The van der Waals surface area contributed by atoms with Crippen LogP contribution in [0.2, 0.25) is 0 Å². The lowest BCUT2D eigenvalue weighted by atomic mass is 10.0. The second-order valence-electron chi connectivity index (χ2n) is 4.64. The van der Waals surface area contributed by atoms with Crippen LogP contribution in [-0.2, 0) is 6.42 Å². The quantitative estimate of drug-likeness (QED) is 0.835. The number of hydrogen-bond acceptors (Lipinski definition) is 3. The molecule has 0 saturated carbocycles. The average Bonchev–Trinajstić information content (AvgIpc) is 2.44. The monoisotopic (exact) mass is 256 g/mol. The van der Waals surface area contributed by atoms with E-state index in [0.717, 1.165) is 30.6 Å². The van der Waals surface area contributed by atoms with Crippen LogP contribution in [0, 0.1) is 0 Å². The summed E-state index contributed by atoms with van der Waals surface area (Å²) >= 11 is 0. The van der Waals surface area contributed by atoms with E-state index in [1.807, 2.05) is 42.6 Å². The number of phenolic OH excluding ortho intramolecular Hbond substituents is 1. The molecule has 0 saturated heterocycles. The van der Waals surface area contributed by atoms with Gasteiger partial charge in [0.05, 0.1) is 11.7 Å². The summed E-state index contributed by atoms with van der Waals surface area (Å²) in [6.07, 6.45) is 3.73. The minimum atomic E-state index is 0.183. The largest absolute Gasteiger partial charge is 0.508 e. The van der Waals surface area contributed by atoms with E-state index in [-0.39, 0.29) is 6.04 Å². The highest BCUT2D eigenvalue weighted by molar-refractivity contribution is 5.28. The van der Waals surface area contributed by atoms with Crippen LogP contribution in [0.25, 0.3) is 0 Å². The number of hydrogen-bond donors (Lipinski definition) is 2. The van der Waals surface area contributed by atoms with Crippen molar-refractivity contribution < 1.29 is 5.11 Å². The molecular formula is C16H20N2O. The van der Waals surface area contributed by atoms with Crippen molar-refractivity contribution in [2.24, 2.45) is 0 Å². The summed E-state index contributed by atoms with van der Waals surface area (Å²) in [5.41, 5.74) is 2.15. The highest BCUT2D eigenvalue weighted by atomic mass is 16.3. The van der Waals surface area contributed by atoms with Crippen LogP contribution in [0.3, 0.4) is 0 Å². The third kappa shape index (κ3) is 4.07. The zero-order chi connectivity index (χ0) is 13.5. The molecule has 2 rings (SSSR count). The highest BCUT2D eigenvalue weighted by Gasteiger charge is 2.12. The third-order valence-corrected chi connectivity index (χ3v) is 3.04. The molecule has 0 amide bonds. The number of aromatic hydroxyl groups is 1. The van der Waals surface area contributed by atoms with Gasteiger partial charge in [-0.25, -0.2) is 0 Å². The zero-order valence-corrected chi connectivity index (χ0v) is 11.2. The van der Waals surface area contributed by atoms with Crippen molar-refractivity contribution in [3.8, 4) is 5.75 Å². The number of rotatable bonds is 6. The molecular weight excluding hydrogens is 236 g/mol. The molecule has 0 aliphatic carbocycles. The van der Waals surface area contributed by atoms with E-state index in [0.29, 0.717) is 5.75 Å². The molecule has 0 fully saturated rings. The molecule has 0 spiro atoms. The first-order valence-corrected chi connectivity index (χ1v) is 6.72. The van der Waals surface area contributed by atoms with Gasteiger partial charge in [0, 0.05) is 6.20 Å². The fraction of sp³-hybridized carbons (Fsp3) is 0.312. The second kappa shape index (κ2) is 6.90. The van der Waals surface area contributed by atoms with Crippen molar-refractivity contribution in [1.82, 2.24) is 10.3 Å². The molecule has 3 heteroatoms. The van der Waals surface area contributed by atoms with Crippen molar-refractivity contribution in [2.75, 3.05) is 6.54 Å². The Balaban J connectivity index is 2.14. The van der Waals surface area contributed by atoms with Gasteiger partial charge >= 0.3 is 0 Å². The topological polar surface area (TPSA) is 45.1 Å². The Bertz CT molecular complexity index is 499. The van der Waals surface area contributed by atoms with E-state index in [1.165, 1.54) is 0 Å². The van der Waals surface area contributed by atoms with Gasteiger partial charge in [0.25, 0.3) is 0 Å². The maximum atomic E-state index is 9.54. The molecule has 0 radical (unpaired) electrons. The maximum Gasteiger partial charge on any atom is 0.115 e. The average molecular weight is 256 g/mol. The molecule has 1 heterocycles. The van der Waals surface area contributed by atoms with E-state index in [2.05, 4.69) is 17.2 Å². The second-order valence-corrected chi connectivity index (χ2v) is 4.64. The van der Waals surface area contributed by atoms with Crippen molar-refractivity contribution >= 4 is 0 Å². The lowest BCUT2D eigenvalue weighted by molar-refractivity contribution is 0.472. The number of pyridine rings is 1. The number of aromatic nitrogens is 1. The minimum Gasteiger partial charge on any atom is -0.508 e. The molecule has 1 aromatic heterocycles. The summed E-state index contributed by atoms with van der Waals surface area (Å²) in [5.74, 6) is 0.313. The number of nitrogens with zero attached hydrogens (tertiary/aromatic N) is 1. The van der Waals surface area contributed by atoms with E-state index in [4.69, 9.17) is 0 Å². The molecule has 1 aromatic carbocycles. The molecule has 1 unspecified atom stereocenters. The molecule has 3 nitrogen and oxygen atoms in total. The van der Waals surface area contributed by atoms with Gasteiger partial charge in [0.2, 0.25) is 0 Å². The van der Waals surface area contributed by atoms with Gasteiger partial charge in [-0.1, -0.05) is 25.1 Å². The molecule has 0 aliphatic heterocycles. The van der Waals surface area contributed by atoms with Crippen LogP contribution < -0.4 is 5.32 Å². The van der Waals surface area contributed by atoms with Gasteiger partial charge in [-0.2, -0.15) is 0 Å². The van der Waals surface area contributed by atoms with Crippen molar-refractivity contribution in [3.63, 3.8) is 0 Å². The molecule has 2 aromatic rings. The Labute approximate surface area is 114 Å². The Morgan fingerprint density at radius 2 is 2.11 bits per heavy atom. The van der Waals surface area contributed by atoms with Crippen LogP contribution in [0.5, 0.6) is 5.75 Å². The van der Waals surface area contributed by atoms with Gasteiger partial charge in [-0.15, -0.1) is 0 Å². The molecule has 0 bridgehead atoms.